The first-order chi connectivity index (χ1) is 13.4. The van der Waals surface area contributed by atoms with E-state index in [1.807, 2.05) is 35.2 Å². The number of aromatic nitrogens is 1. The van der Waals surface area contributed by atoms with E-state index in [2.05, 4.69) is 0 Å². The first kappa shape index (κ1) is 21.4. The van der Waals surface area contributed by atoms with Crippen molar-refractivity contribution >= 4 is 29.4 Å². The number of nitrogens with zero attached hydrogens (tertiary/aromatic N) is 2. The fourth-order valence-electron chi connectivity index (χ4n) is 3.32. The average Bonchev–Trinajstić information content (AvgIpc) is 3.09. The van der Waals surface area contributed by atoms with Crippen LogP contribution in [0, 0.1) is 5.41 Å². The molecule has 1 aliphatic heterocycles. The lowest BCUT2D eigenvalue weighted by molar-refractivity contribution is -0.137. The van der Waals surface area contributed by atoms with Gasteiger partial charge in [-0.05, 0) is 23.8 Å². The quantitative estimate of drug-likeness (QED) is 0.624. The summed E-state index contributed by atoms with van der Waals surface area (Å²) in [6.45, 7) is 2.23. The minimum absolute atomic E-state index is 0. The van der Waals surface area contributed by atoms with Gasteiger partial charge in [0, 0.05) is 18.5 Å². The topological polar surface area (TPSA) is 41.2 Å². The van der Waals surface area contributed by atoms with Crippen LogP contribution < -0.4 is 9.70 Å². The van der Waals surface area contributed by atoms with Crippen LogP contribution in [0.3, 0.4) is 0 Å². The molecule has 4 rings (SSSR count). The smallest absolute Gasteiger partial charge is 0.378 e. The zero-order valence-corrected chi connectivity index (χ0v) is 16.9. The van der Waals surface area contributed by atoms with Crippen molar-refractivity contribution in [3.8, 4) is 16.9 Å². The highest BCUT2D eigenvalue weighted by molar-refractivity contribution is 7.07. The normalized spacial score (nSPS) is 14.5. The first-order valence-electron chi connectivity index (χ1n) is 8.80. The highest BCUT2D eigenvalue weighted by Gasteiger charge is 2.32. The Morgan fingerprint density at radius 1 is 0.966 bits per heavy atom. The number of halogens is 4. The molecule has 2 aromatic carbocycles. The lowest BCUT2D eigenvalue weighted by Gasteiger charge is -2.31. The minimum Gasteiger partial charge on any atom is -0.378 e. The second kappa shape index (κ2) is 8.61. The summed E-state index contributed by atoms with van der Waals surface area (Å²) in [6.07, 6.45) is -4.45. The van der Waals surface area contributed by atoms with E-state index in [1.165, 1.54) is 17.4 Å². The number of anilines is 1. The van der Waals surface area contributed by atoms with E-state index in [1.54, 1.807) is 9.95 Å². The second-order valence-electron chi connectivity index (χ2n) is 6.43. The van der Waals surface area contributed by atoms with E-state index < -0.39 is 11.7 Å². The van der Waals surface area contributed by atoms with Gasteiger partial charge in [0.25, 0.3) is 0 Å². The Hall–Kier alpha value is -2.29. The Morgan fingerprint density at radius 3 is 2.31 bits per heavy atom. The lowest BCUT2D eigenvalue weighted by Crippen LogP contribution is -2.37. The molecule has 3 aromatic rings. The van der Waals surface area contributed by atoms with Crippen molar-refractivity contribution in [3.05, 3.63) is 64.3 Å². The number of rotatable bonds is 3. The highest BCUT2D eigenvalue weighted by Crippen LogP contribution is 2.36. The van der Waals surface area contributed by atoms with E-state index in [4.69, 9.17) is 10.1 Å². The number of hydrogen-bond acceptors (Lipinski definition) is 4. The summed E-state index contributed by atoms with van der Waals surface area (Å²) in [6, 6.07) is 13.1. The molecule has 1 saturated heterocycles. The predicted molar refractivity (Wildman–Crippen MR) is 110 cm³/mol. The van der Waals surface area contributed by atoms with Crippen LogP contribution in [0.1, 0.15) is 5.56 Å². The highest BCUT2D eigenvalue weighted by atomic mass is 35.5. The van der Waals surface area contributed by atoms with Crippen LogP contribution in [-0.4, -0.2) is 30.9 Å². The maximum Gasteiger partial charge on any atom is 0.416 e. The summed E-state index contributed by atoms with van der Waals surface area (Å²) in [5.41, 5.74) is 1.86. The molecular formula is C20H19ClF3N3OS. The molecule has 4 nitrogen and oxygen atoms in total. The Balaban J connectivity index is 0.00000240. The summed E-state index contributed by atoms with van der Waals surface area (Å²) in [7, 11) is 0. The number of benzene rings is 2. The SMILES string of the molecule is Cl.N=c1scc(-c2ccccc2)n1-c1cc(C(F)(F)F)ccc1N1CCOCC1. The second-order valence-corrected chi connectivity index (χ2v) is 7.29. The van der Waals surface area contributed by atoms with Crippen molar-refractivity contribution in [1.82, 2.24) is 4.57 Å². The third-order valence-electron chi connectivity index (χ3n) is 4.69. The van der Waals surface area contributed by atoms with Gasteiger partial charge in [-0.15, -0.1) is 23.7 Å². The Kier molecular flexibility index (Phi) is 6.36. The molecule has 0 aliphatic carbocycles. The van der Waals surface area contributed by atoms with Crippen LogP contribution in [0.4, 0.5) is 18.9 Å². The minimum atomic E-state index is -4.45. The van der Waals surface area contributed by atoms with Gasteiger partial charge in [0.15, 0.2) is 4.80 Å². The van der Waals surface area contributed by atoms with Crippen LogP contribution in [0.5, 0.6) is 0 Å². The third-order valence-corrected chi connectivity index (χ3v) is 5.44. The molecule has 0 unspecified atom stereocenters. The van der Waals surface area contributed by atoms with Gasteiger partial charge < -0.3 is 9.64 Å². The molecular weight excluding hydrogens is 423 g/mol. The molecule has 29 heavy (non-hydrogen) atoms. The van der Waals surface area contributed by atoms with E-state index in [0.29, 0.717) is 43.4 Å². The Morgan fingerprint density at radius 2 is 1.66 bits per heavy atom. The molecule has 2 heterocycles. The zero-order chi connectivity index (χ0) is 19.7. The van der Waals surface area contributed by atoms with Crippen molar-refractivity contribution < 1.29 is 17.9 Å². The van der Waals surface area contributed by atoms with Crippen molar-refractivity contribution in [2.45, 2.75) is 6.18 Å². The van der Waals surface area contributed by atoms with Gasteiger partial charge in [-0.1, -0.05) is 30.3 Å². The summed E-state index contributed by atoms with van der Waals surface area (Å²) in [5, 5.41) is 10.2. The summed E-state index contributed by atoms with van der Waals surface area (Å²) in [5.74, 6) is 0. The number of alkyl halides is 3. The predicted octanol–water partition coefficient (Wildman–Crippen LogP) is 4.96. The number of morpholine rings is 1. The molecule has 1 aromatic heterocycles. The van der Waals surface area contributed by atoms with E-state index in [9.17, 15) is 13.2 Å². The largest absolute Gasteiger partial charge is 0.416 e. The van der Waals surface area contributed by atoms with Crippen LogP contribution in [-0.2, 0) is 10.9 Å². The lowest BCUT2D eigenvalue weighted by atomic mass is 10.1. The molecule has 0 atom stereocenters. The first-order valence-corrected chi connectivity index (χ1v) is 9.68. The van der Waals surface area contributed by atoms with Crippen LogP contribution in [0.15, 0.2) is 53.9 Å². The number of nitrogens with one attached hydrogen (secondary N) is 1. The fourth-order valence-corrected chi connectivity index (χ4v) is 4.09. The standard InChI is InChI=1S/C20H18F3N3OS.ClH/c21-20(22,23)15-6-7-16(25-8-10-27-11-9-25)17(12-15)26-18(13-28-19(26)24)14-4-2-1-3-5-14;/h1-7,12-13,24H,8-11H2;1H. The summed E-state index contributed by atoms with van der Waals surface area (Å²) in [4.78, 5) is 2.19. The number of hydrogen-bond donors (Lipinski definition) is 1. The average molecular weight is 442 g/mol. The maximum absolute atomic E-state index is 13.4. The van der Waals surface area contributed by atoms with Crippen molar-refractivity contribution in [1.29, 1.82) is 5.41 Å². The Bertz CT molecular complexity index is 1030. The van der Waals surface area contributed by atoms with Gasteiger partial charge in [-0.25, -0.2) is 0 Å². The summed E-state index contributed by atoms with van der Waals surface area (Å²) < 4.78 is 47.2. The third kappa shape index (κ3) is 4.34. The monoisotopic (exact) mass is 441 g/mol. The molecule has 1 fully saturated rings. The van der Waals surface area contributed by atoms with Gasteiger partial charge >= 0.3 is 6.18 Å². The molecule has 1 aliphatic rings. The van der Waals surface area contributed by atoms with Gasteiger partial charge in [0.2, 0.25) is 0 Å². The molecule has 0 saturated carbocycles. The number of thiazole rings is 1. The molecule has 1 N–H and O–H groups in total. The van der Waals surface area contributed by atoms with Crippen LogP contribution in [0.25, 0.3) is 16.9 Å². The molecule has 0 amide bonds. The number of ether oxygens (including phenoxy) is 1. The fraction of sp³-hybridized carbons (Fsp3) is 0.250. The summed E-state index contributed by atoms with van der Waals surface area (Å²) >= 11 is 1.19. The Labute approximate surface area is 176 Å². The van der Waals surface area contributed by atoms with Gasteiger partial charge in [-0.3, -0.25) is 9.98 Å². The molecule has 0 radical (unpaired) electrons. The molecule has 154 valence electrons. The van der Waals surface area contributed by atoms with E-state index in [-0.39, 0.29) is 17.2 Å². The van der Waals surface area contributed by atoms with Crippen LogP contribution >= 0.6 is 23.7 Å². The van der Waals surface area contributed by atoms with Crippen LogP contribution in [0.2, 0.25) is 0 Å². The van der Waals surface area contributed by atoms with E-state index in [0.717, 1.165) is 17.7 Å². The van der Waals surface area contributed by atoms with Gasteiger partial charge in [0.05, 0.1) is 35.8 Å². The van der Waals surface area contributed by atoms with Gasteiger partial charge in [-0.2, -0.15) is 13.2 Å². The molecule has 0 bridgehead atoms. The molecule has 9 heteroatoms. The van der Waals surface area contributed by atoms with Crippen molar-refractivity contribution in [2.75, 3.05) is 31.2 Å². The van der Waals surface area contributed by atoms with Crippen molar-refractivity contribution in [2.24, 2.45) is 0 Å². The maximum atomic E-state index is 13.4. The van der Waals surface area contributed by atoms with E-state index >= 15 is 0 Å². The van der Waals surface area contributed by atoms with Crippen molar-refractivity contribution in [3.63, 3.8) is 0 Å². The molecule has 0 spiro atoms. The van der Waals surface area contributed by atoms with Gasteiger partial charge in [0.1, 0.15) is 0 Å². The zero-order valence-electron chi connectivity index (χ0n) is 15.3.